The van der Waals surface area contributed by atoms with E-state index < -0.39 is 0 Å². The Morgan fingerprint density at radius 2 is 2.00 bits per heavy atom. The lowest BCUT2D eigenvalue weighted by Crippen LogP contribution is -2.44. The lowest BCUT2D eigenvalue weighted by molar-refractivity contribution is 0.0929. The summed E-state index contributed by atoms with van der Waals surface area (Å²) in [6, 6.07) is 8.12. The zero-order valence-corrected chi connectivity index (χ0v) is 13.0. The highest BCUT2D eigenvalue weighted by Crippen LogP contribution is 2.12. The summed E-state index contributed by atoms with van der Waals surface area (Å²) in [5.74, 6) is 0.0166. The van der Waals surface area contributed by atoms with Crippen LogP contribution < -0.4 is 11.1 Å². The third-order valence-corrected chi connectivity index (χ3v) is 4.25. The summed E-state index contributed by atoms with van der Waals surface area (Å²) in [6.45, 7) is 5.77. The minimum atomic E-state index is 0.0166. The second kappa shape index (κ2) is 8.15. The van der Waals surface area contributed by atoms with Crippen molar-refractivity contribution in [2.24, 2.45) is 5.73 Å². The van der Waals surface area contributed by atoms with E-state index in [0.717, 1.165) is 30.6 Å². The normalized spacial score (nSPS) is 17.4. The van der Waals surface area contributed by atoms with Crippen molar-refractivity contribution in [3.63, 3.8) is 0 Å². The first-order chi connectivity index (χ1) is 10.2. The second-order valence-corrected chi connectivity index (χ2v) is 5.85. The largest absolute Gasteiger partial charge is 0.350 e. The number of nitrogens with two attached hydrogens (primary N) is 1. The van der Waals surface area contributed by atoms with Crippen LogP contribution in [-0.2, 0) is 6.42 Å². The Morgan fingerprint density at radius 1 is 1.29 bits per heavy atom. The average Bonchev–Trinajstić information content (AvgIpc) is 2.54. The number of amides is 1. The van der Waals surface area contributed by atoms with Gasteiger partial charge < -0.3 is 11.1 Å². The van der Waals surface area contributed by atoms with E-state index in [2.05, 4.69) is 17.1 Å². The number of hydrogen-bond acceptors (Lipinski definition) is 3. The van der Waals surface area contributed by atoms with E-state index in [4.69, 9.17) is 5.73 Å². The van der Waals surface area contributed by atoms with Crippen LogP contribution in [0.25, 0.3) is 0 Å². The van der Waals surface area contributed by atoms with E-state index in [9.17, 15) is 4.79 Å². The molecule has 1 amide bonds. The van der Waals surface area contributed by atoms with Crippen molar-refractivity contribution in [3.05, 3.63) is 35.4 Å². The van der Waals surface area contributed by atoms with Gasteiger partial charge in [-0.1, -0.05) is 24.6 Å². The number of benzene rings is 1. The Hall–Kier alpha value is -1.39. The minimum Gasteiger partial charge on any atom is -0.350 e. The third-order valence-electron chi connectivity index (χ3n) is 4.25. The molecule has 1 heterocycles. The molecule has 0 bridgehead atoms. The lowest BCUT2D eigenvalue weighted by Gasteiger charge is -2.32. The molecule has 0 radical (unpaired) electrons. The van der Waals surface area contributed by atoms with Gasteiger partial charge in [-0.2, -0.15) is 0 Å². The quantitative estimate of drug-likeness (QED) is 0.839. The summed E-state index contributed by atoms with van der Waals surface area (Å²) >= 11 is 0. The molecule has 21 heavy (non-hydrogen) atoms. The molecule has 2 rings (SSSR count). The van der Waals surface area contributed by atoms with Crippen molar-refractivity contribution < 1.29 is 4.79 Å². The summed E-state index contributed by atoms with van der Waals surface area (Å²) in [5.41, 5.74) is 7.40. The van der Waals surface area contributed by atoms with E-state index in [-0.39, 0.29) is 5.91 Å². The fourth-order valence-electron chi connectivity index (χ4n) is 2.94. The topological polar surface area (TPSA) is 58.4 Å². The predicted molar refractivity (Wildman–Crippen MR) is 86.4 cm³/mol. The molecule has 3 N–H and O–H groups in total. The van der Waals surface area contributed by atoms with Gasteiger partial charge >= 0.3 is 0 Å². The molecule has 1 aliphatic rings. The van der Waals surface area contributed by atoms with E-state index in [0.29, 0.717) is 19.1 Å². The number of rotatable bonds is 6. The highest BCUT2D eigenvalue weighted by molar-refractivity contribution is 5.95. The van der Waals surface area contributed by atoms with Gasteiger partial charge in [-0.3, -0.25) is 9.69 Å². The lowest BCUT2D eigenvalue weighted by atomic mass is 10.0. The number of nitrogens with one attached hydrogen (secondary N) is 1. The highest BCUT2D eigenvalue weighted by Gasteiger charge is 2.18. The smallest absolute Gasteiger partial charge is 0.251 e. The predicted octanol–water partition coefficient (Wildman–Crippen LogP) is 1.79. The van der Waals surface area contributed by atoms with Gasteiger partial charge in [-0.05, 0) is 57.5 Å². The molecule has 1 aliphatic heterocycles. The summed E-state index contributed by atoms with van der Waals surface area (Å²) in [5, 5.41) is 3.07. The molecule has 1 fully saturated rings. The number of piperidine rings is 1. The van der Waals surface area contributed by atoms with E-state index >= 15 is 0 Å². The van der Waals surface area contributed by atoms with Crippen molar-refractivity contribution in [1.29, 1.82) is 0 Å². The van der Waals surface area contributed by atoms with Crippen LogP contribution in [0.4, 0.5) is 0 Å². The van der Waals surface area contributed by atoms with Gasteiger partial charge in [0.2, 0.25) is 0 Å². The number of carbonyl (C=O) groups is 1. The molecule has 0 aromatic heterocycles. The fourth-order valence-corrected chi connectivity index (χ4v) is 2.94. The van der Waals surface area contributed by atoms with Gasteiger partial charge in [0.05, 0.1) is 0 Å². The molecule has 0 aliphatic carbocycles. The molecule has 1 unspecified atom stereocenters. The minimum absolute atomic E-state index is 0.0166. The van der Waals surface area contributed by atoms with Crippen molar-refractivity contribution in [1.82, 2.24) is 10.2 Å². The second-order valence-electron chi connectivity index (χ2n) is 5.85. The maximum Gasteiger partial charge on any atom is 0.251 e. The SMILES string of the molecule is CC(CNC(=O)c1ccccc1CCN)N1CCCCC1. The van der Waals surface area contributed by atoms with E-state index in [1.807, 2.05) is 24.3 Å². The van der Waals surface area contributed by atoms with Crippen LogP contribution >= 0.6 is 0 Å². The zero-order valence-electron chi connectivity index (χ0n) is 13.0. The Morgan fingerprint density at radius 3 is 2.71 bits per heavy atom. The fraction of sp³-hybridized carbons (Fsp3) is 0.588. The van der Waals surface area contributed by atoms with Gasteiger partial charge in [0.25, 0.3) is 5.91 Å². The first-order valence-corrected chi connectivity index (χ1v) is 8.02. The van der Waals surface area contributed by atoms with Crippen LogP contribution in [0.2, 0.25) is 0 Å². The summed E-state index contributed by atoms with van der Waals surface area (Å²) in [4.78, 5) is 14.8. The molecule has 4 nitrogen and oxygen atoms in total. The molecule has 1 saturated heterocycles. The maximum absolute atomic E-state index is 12.4. The number of carbonyl (C=O) groups excluding carboxylic acids is 1. The molecular weight excluding hydrogens is 262 g/mol. The van der Waals surface area contributed by atoms with Crippen LogP contribution in [0.3, 0.4) is 0 Å². The molecule has 1 aromatic rings. The monoisotopic (exact) mass is 289 g/mol. The molecule has 1 aromatic carbocycles. The molecule has 1 atom stereocenters. The van der Waals surface area contributed by atoms with Crippen LogP contribution in [0, 0.1) is 0 Å². The zero-order chi connectivity index (χ0) is 15.1. The summed E-state index contributed by atoms with van der Waals surface area (Å²) in [6.07, 6.45) is 4.63. The summed E-state index contributed by atoms with van der Waals surface area (Å²) < 4.78 is 0. The van der Waals surface area contributed by atoms with Crippen molar-refractivity contribution in [2.45, 2.75) is 38.6 Å². The maximum atomic E-state index is 12.4. The first-order valence-electron chi connectivity index (χ1n) is 8.02. The van der Waals surface area contributed by atoms with Crippen LogP contribution in [0.1, 0.15) is 42.1 Å². The molecular formula is C17H27N3O. The highest BCUT2D eigenvalue weighted by atomic mass is 16.1. The van der Waals surface area contributed by atoms with Crippen molar-refractivity contribution in [2.75, 3.05) is 26.2 Å². The van der Waals surface area contributed by atoms with Crippen LogP contribution in [0.5, 0.6) is 0 Å². The van der Waals surface area contributed by atoms with Gasteiger partial charge in [-0.25, -0.2) is 0 Å². The Kier molecular flexibility index (Phi) is 6.21. The molecule has 0 spiro atoms. The van der Waals surface area contributed by atoms with Crippen LogP contribution in [-0.4, -0.2) is 43.0 Å². The average molecular weight is 289 g/mol. The summed E-state index contributed by atoms with van der Waals surface area (Å²) in [7, 11) is 0. The van der Waals surface area contributed by atoms with Gasteiger partial charge in [-0.15, -0.1) is 0 Å². The molecule has 4 heteroatoms. The molecule has 116 valence electrons. The standard InChI is InChI=1S/C17H27N3O/c1-14(20-11-5-2-6-12-20)13-19-17(21)16-8-4-3-7-15(16)9-10-18/h3-4,7-8,14H,2,5-6,9-13,18H2,1H3,(H,19,21). The Bertz CT molecular complexity index is 455. The van der Waals surface area contributed by atoms with Crippen LogP contribution in [0.15, 0.2) is 24.3 Å². The Labute approximate surface area is 127 Å². The first kappa shape index (κ1) is 16.0. The van der Waals surface area contributed by atoms with Gasteiger partial charge in [0.1, 0.15) is 0 Å². The van der Waals surface area contributed by atoms with Gasteiger partial charge in [0.15, 0.2) is 0 Å². The molecule has 0 saturated carbocycles. The van der Waals surface area contributed by atoms with Gasteiger partial charge in [0, 0.05) is 18.2 Å². The van der Waals surface area contributed by atoms with E-state index in [1.165, 1.54) is 19.3 Å². The number of hydrogen-bond donors (Lipinski definition) is 2. The van der Waals surface area contributed by atoms with E-state index in [1.54, 1.807) is 0 Å². The van der Waals surface area contributed by atoms with Crippen molar-refractivity contribution in [3.8, 4) is 0 Å². The van der Waals surface area contributed by atoms with Crippen molar-refractivity contribution >= 4 is 5.91 Å². The third kappa shape index (κ3) is 4.55. The number of nitrogens with zero attached hydrogens (tertiary/aromatic N) is 1. The Balaban J connectivity index is 1.89. The number of likely N-dealkylation sites (tertiary alicyclic amines) is 1.